The predicted molar refractivity (Wildman–Crippen MR) is 89.8 cm³/mol. The number of hydrogen-bond acceptors (Lipinski definition) is 3. The van der Waals surface area contributed by atoms with Crippen LogP contribution < -0.4 is 14.8 Å². The number of amides is 1. The van der Waals surface area contributed by atoms with Crippen LogP contribution in [0.25, 0.3) is 0 Å². The van der Waals surface area contributed by atoms with Gasteiger partial charge < -0.3 is 14.8 Å². The summed E-state index contributed by atoms with van der Waals surface area (Å²) in [6, 6.07) is 3.65. The molecule has 1 fully saturated rings. The number of fused-ring (bicyclic) bond motifs is 1. The first-order valence-corrected chi connectivity index (χ1v) is 8.34. The molecule has 1 heterocycles. The molecule has 1 saturated carbocycles. The van der Waals surface area contributed by atoms with Crippen LogP contribution in [0.1, 0.15) is 43.1 Å². The van der Waals surface area contributed by atoms with Gasteiger partial charge in [-0.3, -0.25) is 4.79 Å². The molecule has 0 spiro atoms. The zero-order valence-electron chi connectivity index (χ0n) is 14.3. The maximum atomic E-state index is 12.5. The molecular weight excluding hydrogens is 290 g/mol. The van der Waals surface area contributed by atoms with Gasteiger partial charge in [0.15, 0.2) is 11.5 Å². The summed E-state index contributed by atoms with van der Waals surface area (Å²) in [7, 11) is 0. The van der Waals surface area contributed by atoms with E-state index in [0.717, 1.165) is 24.3 Å². The van der Waals surface area contributed by atoms with Gasteiger partial charge in [0.2, 0.25) is 6.79 Å². The highest BCUT2D eigenvalue weighted by Crippen LogP contribution is 2.49. The van der Waals surface area contributed by atoms with Crippen molar-refractivity contribution in [2.45, 2.75) is 34.1 Å². The minimum atomic E-state index is -0.0292. The molecule has 3 rings (SSSR count). The molecule has 4 nitrogen and oxygen atoms in total. The molecule has 0 radical (unpaired) electrons. The fourth-order valence-corrected chi connectivity index (χ4v) is 3.56. The monoisotopic (exact) mass is 315 g/mol. The Morgan fingerprint density at radius 1 is 1.26 bits per heavy atom. The van der Waals surface area contributed by atoms with Gasteiger partial charge in [-0.25, -0.2) is 0 Å². The van der Waals surface area contributed by atoms with Crippen molar-refractivity contribution in [3.05, 3.63) is 34.9 Å². The van der Waals surface area contributed by atoms with Gasteiger partial charge in [-0.1, -0.05) is 25.0 Å². The van der Waals surface area contributed by atoms with Gasteiger partial charge in [-0.05, 0) is 56.2 Å². The normalized spacial score (nSPS) is 24.3. The summed E-state index contributed by atoms with van der Waals surface area (Å²) in [6.45, 7) is 9.38. The summed E-state index contributed by atoms with van der Waals surface area (Å²) in [6.07, 6.45) is 3.51. The van der Waals surface area contributed by atoms with E-state index < -0.39 is 0 Å². The standard InChI is InChI=1S/C19H25NO3/c1-5-13-15(6-11(2)3)16(13)9-20-19(21)14-8-18-17(7-12(14)4)22-10-23-18/h6-8,13,15-16H,5,9-10H2,1-4H3,(H,20,21). The zero-order chi connectivity index (χ0) is 16.6. The van der Waals surface area contributed by atoms with Gasteiger partial charge in [0.25, 0.3) is 5.91 Å². The molecule has 0 aromatic heterocycles. The lowest BCUT2D eigenvalue weighted by Crippen LogP contribution is -2.27. The largest absolute Gasteiger partial charge is 0.454 e. The van der Waals surface area contributed by atoms with Gasteiger partial charge in [-0.2, -0.15) is 0 Å². The number of ether oxygens (including phenoxy) is 2. The van der Waals surface area contributed by atoms with E-state index in [4.69, 9.17) is 9.47 Å². The minimum absolute atomic E-state index is 0.0292. The van der Waals surface area contributed by atoms with Crippen molar-refractivity contribution in [2.75, 3.05) is 13.3 Å². The Balaban J connectivity index is 1.63. The Labute approximate surface area is 137 Å². The molecule has 1 aromatic rings. The SMILES string of the molecule is CCC1C(C=C(C)C)C1CNC(=O)c1cc2c(cc1C)OCO2. The van der Waals surface area contributed by atoms with Crippen molar-refractivity contribution in [1.82, 2.24) is 5.32 Å². The molecule has 0 bridgehead atoms. The second kappa shape index (κ2) is 6.26. The van der Waals surface area contributed by atoms with Crippen molar-refractivity contribution in [3.8, 4) is 11.5 Å². The smallest absolute Gasteiger partial charge is 0.251 e. The second-order valence-electron chi connectivity index (χ2n) is 6.79. The van der Waals surface area contributed by atoms with Crippen molar-refractivity contribution < 1.29 is 14.3 Å². The van der Waals surface area contributed by atoms with Crippen LogP contribution in [-0.2, 0) is 0 Å². The predicted octanol–water partition coefficient (Wildman–Crippen LogP) is 3.69. The molecule has 1 amide bonds. The van der Waals surface area contributed by atoms with E-state index in [-0.39, 0.29) is 12.7 Å². The highest BCUT2D eigenvalue weighted by atomic mass is 16.7. The number of aryl methyl sites for hydroxylation is 1. The summed E-state index contributed by atoms with van der Waals surface area (Å²) in [5.74, 6) is 3.22. The van der Waals surface area contributed by atoms with Crippen LogP contribution in [0.4, 0.5) is 0 Å². The van der Waals surface area contributed by atoms with Gasteiger partial charge in [0.05, 0.1) is 0 Å². The molecule has 124 valence electrons. The van der Waals surface area contributed by atoms with Gasteiger partial charge in [0.1, 0.15) is 0 Å². The van der Waals surface area contributed by atoms with Crippen LogP contribution in [0.5, 0.6) is 11.5 Å². The summed E-state index contributed by atoms with van der Waals surface area (Å²) in [5, 5.41) is 3.10. The third-order valence-electron chi connectivity index (χ3n) is 4.86. The van der Waals surface area contributed by atoms with Crippen LogP contribution in [-0.4, -0.2) is 19.2 Å². The van der Waals surface area contributed by atoms with E-state index in [2.05, 4.69) is 32.2 Å². The van der Waals surface area contributed by atoms with Crippen LogP contribution in [0.3, 0.4) is 0 Å². The van der Waals surface area contributed by atoms with Crippen molar-refractivity contribution in [1.29, 1.82) is 0 Å². The maximum absolute atomic E-state index is 12.5. The molecule has 3 unspecified atom stereocenters. The summed E-state index contributed by atoms with van der Waals surface area (Å²) < 4.78 is 10.7. The third-order valence-corrected chi connectivity index (χ3v) is 4.86. The van der Waals surface area contributed by atoms with Gasteiger partial charge in [0, 0.05) is 12.1 Å². The Hall–Kier alpha value is -1.97. The first-order chi connectivity index (χ1) is 11.0. The number of allylic oxidation sites excluding steroid dienone is 2. The second-order valence-corrected chi connectivity index (χ2v) is 6.79. The molecule has 1 aliphatic heterocycles. The number of carbonyl (C=O) groups excluding carboxylic acids is 1. The van der Waals surface area contributed by atoms with Crippen LogP contribution in [0.2, 0.25) is 0 Å². The summed E-state index contributed by atoms with van der Waals surface area (Å²) in [5.41, 5.74) is 2.94. The van der Waals surface area contributed by atoms with Crippen LogP contribution >= 0.6 is 0 Å². The van der Waals surface area contributed by atoms with Crippen LogP contribution in [0, 0.1) is 24.7 Å². The Morgan fingerprint density at radius 2 is 1.96 bits per heavy atom. The topological polar surface area (TPSA) is 47.6 Å². The van der Waals surface area contributed by atoms with Crippen molar-refractivity contribution >= 4 is 5.91 Å². The van der Waals surface area contributed by atoms with Crippen molar-refractivity contribution in [3.63, 3.8) is 0 Å². The number of hydrogen-bond donors (Lipinski definition) is 1. The fraction of sp³-hybridized carbons (Fsp3) is 0.526. The van der Waals surface area contributed by atoms with Gasteiger partial charge >= 0.3 is 0 Å². The highest BCUT2D eigenvalue weighted by Gasteiger charge is 2.46. The van der Waals surface area contributed by atoms with E-state index in [1.165, 1.54) is 5.57 Å². The van der Waals surface area contributed by atoms with Crippen molar-refractivity contribution in [2.24, 2.45) is 17.8 Å². The van der Waals surface area contributed by atoms with Gasteiger partial charge in [-0.15, -0.1) is 0 Å². The lowest BCUT2D eigenvalue weighted by atomic mass is 10.1. The summed E-state index contributed by atoms with van der Waals surface area (Å²) >= 11 is 0. The molecule has 1 N–H and O–H groups in total. The average molecular weight is 315 g/mol. The lowest BCUT2D eigenvalue weighted by Gasteiger charge is -2.09. The Bertz CT molecular complexity index is 646. The zero-order valence-corrected chi connectivity index (χ0v) is 14.3. The first-order valence-electron chi connectivity index (χ1n) is 8.34. The van der Waals surface area contributed by atoms with E-state index in [1.807, 2.05) is 13.0 Å². The van der Waals surface area contributed by atoms with Crippen LogP contribution in [0.15, 0.2) is 23.8 Å². The molecular formula is C19H25NO3. The highest BCUT2D eigenvalue weighted by molar-refractivity contribution is 5.96. The molecule has 2 aliphatic rings. The Morgan fingerprint density at radius 3 is 2.61 bits per heavy atom. The molecule has 0 saturated heterocycles. The van der Waals surface area contributed by atoms with E-state index in [9.17, 15) is 4.79 Å². The van der Waals surface area contributed by atoms with E-state index in [1.54, 1.807) is 6.07 Å². The summed E-state index contributed by atoms with van der Waals surface area (Å²) in [4.78, 5) is 12.5. The fourth-order valence-electron chi connectivity index (χ4n) is 3.56. The number of rotatable bonds is 5. The maximum Gasteiger partial charge on any atom is 0.251 e. The third kappa shape index (κ3) is 3.21. The molecule has 3 atom stereocenters. The lowest BCUT2D eigenvalue weighted by molar-refractivity contribution is 0.0950. The molecule has 1 aliphatic carbocycles. The first kappa shape index (κ1) is 15.9. The number of benzene rings is 1. The molecule has 1 aromatic carbocycles. The molecule has 4 heteroatoms. The Kier molecular flexibility index (Phi) is 4.33. The molecule has 23 heavy (non-hydrogen) atoms. The van der Waals surface area contributed by atoms with E-state index >= 15 is 0 Å². The number of carbonyl (C=O) groups is 1. The average Bonchev–Trinajstić information content (AvgIpc) is 2.94. The number of nitrogens with one attached hydrogen (secondary N) is 1. The van der Waals surface area contributed by atoms with E-state index in [0.29, 0.717) is 29.1 Å². The minimum Gasteiger partial charge on any atom is -0.454 e. The quantitative estimate of drug-likeness (QED) is 0.843.